The summed E-state index contributed by atoms with van der Waals surface area (Å²) >= 11 is 0. The predicted molar refractivity (Wildman–Crippen MR) is 51.5 cm³/mol. The van der Waals surface area contributed by atoms with Gasteiger partial charge in [-0.15, -0.1) is 0 Å². The first kappa shape index (κ1) is 10.4. The lowest BCUT2D eigenvalue weighted by molar-refractivity contribution is -0.122. The van der Waals surface area contributed by atoms with Gasteiger partial charge in [-0.25, -0.2) is 0 Å². The molecule has 0 radical (unpaired) electrons. The van der Waals surface area contributed by atoms with E-state index in [1.54, 1.807) is 0 Å². The van der Waals surface area contributed by atoms with Gasteiger partial charge in [0.25, 0.3) is 0 Å². The molecule has 2 nitrogen and oxygen atoms in total. The van der Waals surface area contributed by atoms with Gasteiger partial charge in [-0.3, -0.25) is 9.59 Å². The molecule has 13 heavy (non-hydrogen) atoms. The predicted octanol–water partition coefficient (Wildman–Crippen LogP) is 2.51. The van der Waals surface area contributed by atoms with Crippen LogP contribution < -0.4 is 0 Å². The van der Waals surface area contributed by atoms with E-state index in [1.165, 1.54) is 0 Å². The van der Waals surface area contributed by atoms with Crippen LogP contribution in [0.5, 0.6) is 0 Å². The maximum absolute atomic E-state index is 11.4. The number of hydrogen-bond donors (Lipinski definition) is 0. The Morgan fingerprint density at radius 3 is 1.69 bits per heavy atom. The molecule has 0 N–H and O–H groups in total. The van der Waals surface area contributed by atoms with Gasteiger partial charge in [-0.2, -0.15) is 0 Å². The van der Waals surface area contributed by atoms with E-state index in [1.807, 2.05) is 0 Å². The molecule has 0 saturated heterocycles. The Morgan fingerprint density at radius 2 is 1.38 bits per heavy atom. The molecule has 74 valence electrons. The van der Waals surface area contributed by atoms with Gasteiger partial charge in [0.15, 0.2) is 0 Å². The molecule has 0 spiro atoms. The summed E-state index contributed by atoms with van der Waals surface area (Å²) in [5, 5.41) is 0. The van der Waals surface area contributed by atoms with E-state index in [2.05, 4.69) is 13.8 Å². The molecule has 1 aliphatic rings. The van der Waals surface area contributed by atoms with Crippen LogP contribution in [-0.2, 0) is 9.59 Å². The van der Waals surface area contributed by atoms with Crippen molar-refractivity contribution in [3.8, 4) is 0 Å². The molecule has 1 rings (SSSR count). The Kier molecular flexibility index (Phi) is 3.23. The van der Waals surface area contributed by atoms with Crippen molar-refractivity contribution >= 4 is 11.6 Å². The highest BCUT2D eigenvalue weighted by atomic mass is 16.1. The fourth-order valence-corrected chi connectivity index (χ4v) is 2.10. The lowest BCUT2D eigenvalue weighted by atomic mass is 9.75. The van der Waals surface area contributed by atoms with Crippen LogP contribution in [0.4, 0.5) is 0 Å². The molecule has 0 aromatic carbocycles. The Bertz CT molecular complexity index is 194. The van der Waals surface area contributed by atoms with Crippen molar-refractivity contribution in [3.05, 3.63) is 0 Å². The van der Waals surface area contributed by atoms with Crippen LogP contribution in [-0.4, -0.2) is 11.6 Å². The quantitative estimate of drug-likeness (QED) is 0.615. The Hall–Kier alpha value is -0.660. The molecular formula is C11H18O2. The van der Waals surface area contributed by atoms with Gasteiger partial charge in [-0.05, 0) is 18.3 Å². The fraction of sp³-hybridized carbons (Fsp3) is 0.818. The summed E-state index contributed by atoms with van der Waals surface area (Å²) in [7, 11) is 0. The van der Waals surface area contributed by atoms with Gasteiger partial charge in [0.1, 0.15) is 11.6 Å². The number of carbonyl (C=O) groups is 2. The summed E-state index contributed by atoms with van der Waals surface area (Å²) in [4.78, 5) is 22.8. The monoisotopic (exact) mass is 182 g/mol. The van der Waals surface area contributed by atoms with Crippen LogP contribution in [0.3, 0.4) is 0 Å². The van der Waals surface area contributed by atoms with Crippen LogP contribution in [0.15, 0.2) is 0 Å². The van der Waals surface area contributed by atoms with Crippen molar-refractivity contribution in [2.45, 2.75) is 52.4 Å². The van der Waals surface area contributed by atoms with Crippen LogP contribution in [0, 0.1) is 5.41 Å². The molecule has 0 amide bonds. The van der Waals surface area contributed by atoms with Gasteiger partial charge in [0.2, 0.25) is 0 Å². The van der Waals surface area contributed by atoms with Gasteiger partial charge >= 0.3 is 0 Å². The maximum atomic E-state index is 11.4. The normalized spacial score (nSPS) is 22.9. The average molecular weight is 182 g/mol. The van der Waals surface area contributed by atoms with Gasteiger partial charge in [0, 0.05) is 25.7 Å². The van der Waals surface area contributed by atoms with E-state index in [4.69, 9.17) is 0 Å². The molecular weight excluding hydrogens is 164 g/mol. The number of rotatable bonds is 2. The summed E-state index contributed by atoms with van der Waals surface area (Å²) in [6.45, 7) is 4.16. The molecule has 0 heterocycles. The van der Waals surface area contributed by atoms with Gasteiger partial charge < -0.3 is 0 Å². The molecule has 0 atom stereocenters. The Balaban J connectivity index is 2.80. The zero-order valence-corrected chi connectivity index (χ0v) is 8.56. The largest absolute Gasteiger partial charge is 0.300 e. The standard InChI is InChI=1S/C11H18O2/c1-3-11(4-2)7-9(12)5-6-10(13)8-11/h3-8H2,1-2H3. The minimum atomic E-state index is -0.00926. The summed E-state index contributed by atoms with van der Waals surface area (Å²) in [5.41, 5.74) is -0.00926. The second-order valence-electron chi connectivity index (χ2n) is 4.14. The third kappa shape index (κ3) is 2.39. The highest BCUT2D eigenvalue weighted by Gasteiger charge is 2.33. The lowest BCUT2D eigenvalue weighted by Crippen LogP contribution is -2.23. The van der Waals surface area contributed by atoms with Gasteiger partial charge in [-0.1, -0.05) is 13.8 Å². The number of carbonyl (C=O) groups excluding carboxylic acids is 2. The van der Waals surface area contributed by atoms with E-state index in [0.717, 1.165) is 12.8 Å². The summed E-state index contributed by atoms with van der Waals surface area (Å²) < 4.78 is 0. The minimum Gasteiger partial charge on any atom is -0.300 e. The summed E-state index contributed by atoms with van der Waals surface area (Å²) in [5.74, 6) is 0.545. The molecule has 0 aromatic heterocycles. The van der Waals surface area contributed by atoms with Crippen molar-refractivity contribution in [1.29, 1.82) is 0 Å². The van der Waals surface area contributed by atoms with Gasteiger partial charge in [0.05, 0.1) is 0 Å². The first-order valence-corrected chi connectivity index (χ1v) is 5.15. The summed E-state index contributed by atoms with van der Waals surface area (Å²) in [6, 6.07) is 0. The van der Waals surface area contributed by atoms with Crippen molar-refractivity contribution < 1.29 is 9.59 Å². The molecule has 1 aliphatic carbocycles. The van der Waals surface area contributed by atoms with E-state index in [-0.39, 0.29) is 17.0 Å². The summed E-state index contributed by atoms with van der Waals surface area (Å²) in [6.07, 6.45) is 4.07. The van der Waals surface area contributed by atoms with E-state index in [0.29, 0.717) is 25.7 Å². The van der Waals surface area contributed by atoms with Crippen LogP contribution >= 0.6 is 0 Å². The molecule has 2 heteroatoms. The molecule has 1 fully saturated rings. The Labute approximate surface area is 79.7 Å². The second kappa shape index (κ2) is 4.03. The zero-order valence-electron chi connectivity index (χ0n) is 8.56. The first-order valence-electron chi connectivity index (χ1n) is 5.15. The highest BCUT2D eigenvalue weighted by Crippen LogP contribution is 2.37. The maximum Gasteiger partial charge on any atom is 0.133 e. The van der Waals surface area contributed by atoms with Crippen LogP contribution in [0.2, 0.25) is 0 Å². The second-order valence-corrected chi connectivity index (χ2v) is 4.14. The number of ketones is 2. The van der Waals surface area contributed by atoms with Crippen LogP contribution in [0.1, 0.15) is 52.4 Å². The number of hydrogen-bond acceptors (Lipinski definition) is 2. The first-order chi connectivity index (χ1) is 6.12. The van der Waals surface area contributed by atoms with Crippen molar-refractivity contribution in [3.63, 3.8) is 0 Å². The Morgan fingerprint density at radius 1 is 1.00 bits per heavy atom. The number of Topliss-reactive ketones (excluding diaryl/α,β-unsaturated/α-hetero) is 2. The molecule has 1 saturated carbocycles. The third-order valence-corrected chi connectivity index (χ3v) is 3.33. The van der Waals surface area contributed by atoms with Crippen molar-refractivity contribution in [2.75, 3.05) is 0 Å². The highest BCUT2D eigenvalue weighted by molar-refractivity contribution is 5.89. The molecule has 0 unspecified atom stereocenters. The van der Waals surface area contributed by atoms with E-state index < -0.39 is 0 Å². The van der Waals surface area contributed by atoms with Crippen molar-refractivity contribution in [1.82, 2.24) is 0 Å². The fourth-order valence-electron chi connectivity index (χ4n) is 2.10. The minimum absolute atomic E-state index is 0.00926. The SMILES string of the molecule is CCC1(CC)CC(=O)CCC(=O)C1. The van der Waals surface area contributed by atoms with E-state index in [9.17, 15) is 9.59 Å². The lowest BCUT2D eigenvalue weighted by Gasteiger charge is -2.28. The smallest absolute Gasteiger partial charge is 0.133 e. The zero-order chi connectivity index (χ0) is 9.90. The van der Waals surface area contributed by atoms with E-state index >= 15 is 0 Å². The molecule has 0 aliphatic heterocycles. The molecule has 0 bridgehead atoms. The topological polar surface area (TPSA) is 34.1 Å². The average Bonchev–Trinajstić information content (AvgIpc) is 2.26. The molecule has 0 aromatic rings. The third-order valence-electron chi connectivity index (χ3n) is 3.33. The van der Waals surface area contributed by atoms with Crippen molar-refractivity contribution in [2.24, 2.45) is 5.41 Å². The van der Waals surface area contributed by atoms with Crippen LogP contribution in [0.25, 0.3) is 0 Å².